The van der Waals surface area contributed by atoms with Crippen molar-refractivity contribution in [1.82, 2.24) is 9.55 Å². The maximum absolute atomic E-state index is 13.2. The summed E-state index contributed by atoms with van der Waals surface area (Å²) in [6, 6.07) is 2.41. The van der Waals surface area contributed by atoms with Crippen molar-refractivity contribution >= 4 is 27.6 Å². The van der Waals surface area contributed by atoms with Gasteiger partial charge in [0.2, 0.25) is 0 Å². The number of nitrogen functional groups attached to an aromatic ring is 1. The van der Waals surface area contributed by atoms with Crippen molar-refractivity contribution in [2.75, 3.05) is 12.3 Å². The fourth-order valence-corrected chi connectivity index (χ4v) is 2.11. The van der Waals surface area contributed by atoms with Crippen molar-refractivity contribution in [3.63, 3.8) is 0 Å². The monoisotopic (exact) mass is 341 g/mol. The van der Waals surface area contributed by atoms with E-state index < -0.39 is 11.8 Å². The zero-order valence-corrected chi connectivity index (χ0v) is 12.1. The molecule has 0 saturated heterocycles. The second-order valence-electron chi connectivity index (χ2n) is 4.14. The summed E-state index contributed by atoms with van der Waals surface area (Å²) >= 11 is 3.11. The van der Waals surface area contributed by atoms with Gasteiger partial charge >= 0.3 is 5.97 Å². The molecule has 0 aliphatic carbocycles. The van der Waals surface area contributed by atoms with Crippen LogP contribution in [0.2, 0.25) is 0 Å². The van der Waals surface area contributed by atoms with Gasteiger partial charge in [-0.2, -0.15) is 0 Å². The number of aromatic nitrogens is 2. The summed E-state index contributed by atoms with van der Waals surface area (Å²) < 4.78 is 20.5. The highest BCUT2D eigenvalue weighted by atomic mass is 79.9. The number of benzene rings is 1. The third kappa shape index (κ3) is 3.57. The molecule has 0 aliphatic heterocycles. The van der Waals surface area contributed by atoms with Crippen LogP contribution in [0.3, 0.4) is 0 Å². The standard InChI is InChI=1S/C13H13BrFN3O2/c14-10-7-11(15)12(16)6-9(10)13(19)20-5-1-3-18-4-2-17-8-18/h2,4,6-8H,1,3,5,16H2. The number of nitrogens with zero attached hydrogens (tertiary/aromatic N) is 2. The Balaban J connectivity index is 1.87. The molecule has 0 saturated carbocycles. The Labute approximate surface area is 123 Å². The number of hydrogen-bond donors (Lipinski definition) is 1. The molecule has 106 valence electrons. The number of carbonyl (C=O) groups is 1. The first-order valence-corrected chi connectivity index (χ1v) is 6.74. The van der Waals surface area contributed by atoms with Crippen molar-refractivity contribution in [3.8, 4) is 0 Å². The fourth-order valence-electron chi connectivity index (χ4n) is 1.63. The Kier molecular flexibility index (Phi) is 4.73. The van der Waals surface area contributed by atoms with Crippen molar-refractivity contribution in [2.45, 2.75) is 13.0 Å². The first-order valence-electron chi connectivity index (χ1n) is 5.95. The molecule has 0 amide bonds. The predicted octanol–water partition coefficient (Wildman–Crippen LogP) is 2.61. The largest absolute Gasteiger partial charge is 0.462 e. The lowest BCUT2D eigenvalue weighted by Gasteiger charge is -2.08. The molecule has 7 heteroatoms. The second-order valence-corrected chi connectivity index (χ2v) is 5.00. The number of anilines is 1. The Hall–Kier alpha value is -1.89. The van der Waals surface area contributed by atoms with Crippen LogP contribution >= 0.6 is 15.9 Å². The van der Waals surface area contributed by atoms with E-state index in [1.54, 1.807) is 12.5 Å². The Morgan fingerprint density at radius 3 is 3.00 bits per heavy atom. The highest BCUT2D eigenvalue weighted by Crippen LogP contribution is 2.23. The van der Waals surface area contributed by atoms with E-state index in [9.17, 15) is 9.18 Å². The number of halogens is 2. The smallest absolute Gasteiger partial charge is 0.339 e. The van der Waals surface area contributed by atoms with E-state index in [4.69, 9.17) is 10.5 Å². The van der Waals surface area contributed by atoms with Gasteiger partial charge in [-0.15, -0.1) is 0 Å². The van der Waals surface area contributed by atoms with Crippen LogP contribution in [-0.2, 0) is 11.3 Å². The highest BCUT2D eigenvalue weighted by molar-refractivity contribution is 9.10. The van der Waals surface area contributed by atoms with Gasteiger partial charge in [-0.3, -0.25) is 0 Å². The van der Waals surface area contributed by atoms with Gasteiger partial charge in [0.15, 0.2) is 0 Å². The zero-order valence-electron chi connectivity index (χ0n) is 10.6. The normalized spacial score (nSPS) is 10.5. The molecular weight excluding hydrogens is 329 g/mol. The topological polar surface area (TPSA) is 70.1 Å². The Bertz CT molecular complexity index is 602. The van der Waals surface area contributed by atoms with Gasteiger partial charge in [0.05, 0.1) is 24.2 Å². The average molecular weight is 342 g/mol. The van der Waals surface area contributed by atoms with Crippen LogP contribution in [0.25, 0.3) is 0 Å². The third-order valence-corrected chi connectivity index (χ3v) is 3.32. The molecule has 0 atom stereocenters. The molecule has 0 fully saturated rings. The molecule has 1 aromatic carbocycles. The summed E-state index contributed by atoms with van der Waals surface area (Å²) in [7, 11) is 0. The van der Waals surface area contributed by atoms with Gasteiger partial charge < -0.3 is 15.0 Å². The quantitative estimate of drug-likeness (QED) is 0.515. The van der Waals surface area contributed by atoms with E-state index in [-0.39, 0.29) is 17.9 Å². The van der Waals surface area contributed by atoms with E-state index in [1.807, 2.05) is 10.8 Å². The van der Waals surface area contributed by atoms with Gasteiger partial charge in [0.1, 0.15) is 5.82 Å². The number of aryl methyl sites for hydroxylation is 1. The van der Waals surface area contributed by atoms with Gasteiger partial charge in [-0.25, -0.2) is 14.2 Å². The molecule has 20 heavy (non-hydrogen) atoms. The summed E-state index contributed by atoms with van der Waals surface area (Å²) in [6.45, 7) is 0.973. The van der Waals surface area contributed by atoms with Crippen LogP contribution < -0.4 is 5.73 Å². The predicted molar refractivity (Wildman–Crippen MR) is 75.6 cm³/mol. The minimum Gasteiger partial charge on any atom is -0.462 e. The molecule has 0 aliphatic rings. The number of nitrogens with two attached hydrogens (primary N) is 1. The minimum atomic E-state index is -0.575. The molecule has 2 rings (SSSR count). The zero-order chi connectivity index (χ0) is 14.5. The molecule has 5 nitrogen and oxygen atoms in total. The summed E-state index contributed by atoms with van der Waals surface area (Å²) in [5.74, 6) is -1.11. The van der Waals surface area contributed by atoms with E-state index in [2.05, 4.69) is 20.9 Å². The number of imidazole rings is 1. The van der Waals surface area contributed by atoms with Crippen molar-refractivity contribution in [2.24, 2.45) is 0 Å². The Morgan fingerprint density at radius 1 is 1.50 bits per heavy atom. The first-order chi connectivity index (χ1) is 9.58. The van der Waals surface area contributed by atoms with E-state index in [0.29, 0.717) is 17.4 Å². The van der Waals surface area contributed by atoms with Crippen molar-refractivity contribution < 1.29 is 13.9 Å². The molecule has 2 N–H and O–H groups in total. The van der Waals surface area contributed by atoms with Crippen LogP contribution in [0.1, 0.15) is 16.8 Å². The summed E-state index contributed by atoms with van der Waals surface area (Å²) in [5.41, 5.74) is 5.56. The maximum atomic E-state index is 13.2. The van der Waals surface area contributed by atoms with Gasteiger partial charge in [0, 0.05) is 23.4 Å². The van der Waals surface area contributed by atoms with E-state index >= 15 is 0 Å². The van der Waals surface area contributed by atoms with E-state index in [1.165, 1.54) is 6.07 Å². The summed E-state index contributed by atoms with van der Waals surface area (Å²) in [5, 5.41) is 0. The molecule has 0 spiro atoms. The van der Waals surface area contributed by atoms with Gasteiger partial charge in [-0.1, -0.05) is 0 Å². The number of carbonyl (C=O) groups excluding carboxylic acids is 1. The minimum absolute atomic E-state index is 0.0847. The number of esters is 1. The number of hydrogen-bond acceptors (Lipinski definition) is 4. The molecule has 0 radical (unpaired) electrons. The number of rotatable bonds is 5. The molecule has 1 aromatic heterocycles. The molecule has 1 heterocycles. The molecule has 2 aromatic rings. The summed E-state index contributed by atoms with van der Waals surface area (Å²) in [4.78, 5) is 15.8. The average Bonchev–Trinajstić information content (AvgIpc) is 2.92. The third-order valence-electron chi connectivity index (χ3n) is 2.66. The molecule has 0 unspecified atom stereocenters. The molecule has 0 bridgehead atoms. The Morgan fingerprint density at radius 2 is 2.30 bits per heavy atom. The van der Waals surface area contributed by atoms with Gasteiger partial charge in [0.25, 0.3) is 0 Å². The van der Waals surface area contributed by atoms with Gasteiger partial charge in [-0.05, 0) is 34.5 Å². The van der Waals surface area contributed by atoms with E-state index in [0.717, 1.165) is 6.07 Å². The lowest BCUT2D eigenvalue weighted by molar-refractivity contribution is 0.0495. The molecular formula is C13H13BrFN3O2. The van der Waals surface area contributed by atoms with Crippen LogP contribution in [0.15, 0.2) is 35.3 Å². The summed E-state index contributed by atoms with van der Waals surface area (Å²) in [6.07, 6.45) is 5.87. The lowest BCUT2D eigenvalue weighted by atomic mass is 10.2. The fraction of sp³-hybridized carbons (Fsp3) is 0.231. The second kappa shape index (κ2) is 6.51. The highest BCUT2D eigenvalue weighted by Gasteiger charge is 2.14. The number of ether oxygens (including phenoxy) is 1. The van der Waals surface area contributed by atoms with Crippen molar-refractivity contribution in [1.29, 1.82) is 0 Å². The lowest BCUT2D eigenvalue weighted by Crippen LogP contribution is -2.10. The maximum Gasteiger partial charge on any atom is 0.339 e. The van der Waals surface area contributed by atoms with Crippen LogP contribution in [0.5, 0.6) is 0 Å². The first kappa shape index (κ1) is 14.5. The SMILES string of the molecule is Nc1cc(C(=O)OCCCn2ccnc2)c(Br)cc1F. The van der Waals surface area contributed by atoms with Crippen LogP contribution in [-0.4, -0.2) is 22.1 Å². The van der Waals surface area contributed by atoms with Crippen LogP contribution in [0, 0.1) is 5.82 Å². The van der Waals surface area contributed by atoms with Crippen molar-refractivity contribution in [3.05, 3.63) is 46.7 Å². The van der Waals surface area contributed by atoms with Crippen LogP contribution in [0.4, 0.5) is 10.1 Å².